The largest absolute Gasteiger partial charge is 0.310 e. The zero-order valence-electron chi connectivity index (χ0n) is 12.6. The van der Waals surface area contributed by atoms with Crippen LogP contribution in [0.3, 0.4) is 0 Å². The van der Waals surface area contributed by atoms with Gasteiger partial charge in [0, 0.05) is 5.92 Å². The molecule has 0 radical (unpaired) electrons. The minimum Gasteiger partial charge on any atom is -0.310 e. The average molecular weight is 335 g/mol. The summed E-state index contributed by atoms with van der Waals surface area (Å²) in [5.74, 6) is 0.900. The number of rotatable bonds is 4. The van der Waals surface area contributed by atoms with Crippen molar-refractivity contribution in [1.82, 2.24) is 14.8 Å². The number of para-hydroxylation sites is 1. The van der Waals surface area contributed by atoms with Crippen LogP contribution in [0.25, 0.3) is 5.69 Å². The summed E-state index contributed by atoms with van der Waals surface area (Å²) in [5, 5.41) is 18.4. The third-order valence-corrected chi connectivity index (χ3v) is 4.62. The topological polar surface area (TPSA) is 83.6 Å². The van der Waals surface area contributed by atoms with Crippen molar-refractivity contribution in [2.75, 3.05) is 5.32 Å². The minimum absolute atomic E-state index is 0.123. The van der Waals surface area contributed by atoms with Crippen LogP contribution < -0.4 is 5.32 Å². The molecule has 4 rings (SSSR count). The molecule has 1 amide bonds. The third-order valence-electron chi connectivity index (χ3n) is 3.79. The van der Waals surface area contributed by atoms with Crippen molar-refractivity contribution in [3.63, 3.8) is 0 Å². The van der Waals surface area contributed by atoms with Crippen LogP contribution in [0.15, 0.2) is 41.8 Å². The summed E-state index contributed by atoms with van der Waals surface area (Å²) >= 11 is 1.31. The highest BCUT2D eigenvalue weighted by atomic mass is 32.1. The molecule has 0 unspecified atom stereocenters. The lowest BCUT2D eigenvalue weighted by Crippen LogP contribution is -2.14. The molecule has 24 heavy (non-hydrogen) atoms. The molecule has 0 bridgehead atoms. The standard InChI is InChI=1S/C17H13N5OS/c18-10-12-8-9-24-17(12)20-16(23)14-19-15(11-6-7-11)22(21-14)13-4-2-1-3-5-13/h1-5,8-9,11H,6-7H2,(H,20,23). The molecular weight excluding hydrogens is 322 g/mol. The first-order chi connectivity index (χ1) is 11.8. The normalized spacial score (nSPS) is 13.5. The molecule has 1 aromatic carbocycles. The van der Waals surface area contributed by atoms with E-state index in [-0.39, 0.29) is 5.82 Å². The number of nitrogens with zero attached hydrogens (tertiary/aromatic N) is 4. The van der Waals surface area contributed by atoms with Gasteiger partial charge < -0.3 is 5.32 Å². The SMILES string of the molecule is N#Cc1ccsc1NC(=O)c1nc(C2CC2)n(-c2ccccc2)n1. The van der Waals surface area contributed by atoms with Crippen molar-refractivity contribution in [2.24, 2.45) is 0 Å². The van der Waals surface area contributed by atoms with Crippen LogP contribution in [0.4, 0.5) is 5.00 Å². The summed E-state index contributed by atoms with van der Waals surface area (Å²) in [6.07, 6.45) is 2.13. The lowest BCUT2D eigenvalue weighted by Gasteiger charge is -2.03. The molecule has 1 N–H and O–H groups in total. The predicted molar refractivity (Wildman–Crippen MR) is 90.3 cm³/mol. The number of aromatic nitrogens is 3. The summed E-state index contributed by atoms with van der Waals surface area (Å²) in [6.45, 7) is 0. The quantitative estimate of drug-likeness (QED) is 0.792. The summed E-state index contributed by atoms with van der Waals surface area (Å²) in [5.41, 5.74) is 1.33. The van der Waals surface area contributed by atoms with Crippen molar-refractivity contribution < 1.29 is 4.79 Å². The molecule has 118 valence electrons. The molecule has 1 saturated carbocycles. The van der Waals surface area contributed by atoms with Crippen LogP contribution >= 0.6 is 11.3 Å². The maximum Gasteiger partial charge on any atom is 0.295 e. The molecule has 7 heteroatoms. The summed E-state index contributed by atoms with van der Waals surface area (Å²) in [7, 11) is 0. The Morgan fingerprint density at radius 3 is 2.79 bits per heavy atom. The number of hydrogen-bond acceptors (Lipinski definition) is 5. The van der Waals surface area contributed by atoms with Gasteiger partial charge in [-0.2, -0.15) is 5.26 Å². The van der Waals surface area contributed by atoms with E-state index >= 15 is 0 Å². The van der Waals surface area contributed by atoms with Gasteiger partial charge in [0.2, 0.25) is 5.82 Å². The fourth-order valence-electron chi connectivity index (χ4n) is 2.44. The Kier molecular flexibility index (Phi) is 3.59. The first-order valence-corrected chi connectivity index (χ1v) is 8.45. The molecule has 0 spiro atoms. The maximum atomic E-state index is 12.5. The van der Waals surface area contributed by atoms with E-state index in [2.05, 4.69) is 21.5 Å². The van der Waals surface area contributed by atoms with Gasteiger partial charge in [-0.1, -0.05) is 18.2 Å². The Bertz CT molecular complexity index is 934. The molecule has 1 fully saturated rings. The van der Waals surface area contributed by atoms with Gasteiger partial charge in [0.25, 0.3) is 5.91 Å². The van der Waals surface area contributed by atoms with Crippen LogP contribution in [-0.2, 0) is 0 Å². The van der Waals surface area contributed by atoms with Crippen LogP contribution in [0.1, 0.15) is 40.8 Å². The molecule has 1 aliphatic carbocycles. The molecule has 2 heterocycles. The van der Waals surface area contributed by atoms with Gasteiger partial charge in [0.15, 0.2) is 0 Å². The Labute approximate surface area is 142 Å². The molecule has 0 atom stereocenters. The van der Waals surface area contributed by atoms with Gasteiger partial charge >= 0.3 is 0 Å². The Morgan fingerprint density at radius 2 is 2.08 bits per heavy atom. The van der Waals surface area contributed by atoms with Gasteiger partial charge in [-0.25, -0.2) is 9.67 Å². The second-order valence-corrected chi connectivity index (χ2v) is 6.46. The number of nitriles is 1. The average Bonchev–Trinajstić information content (AvgIpc) is 3.20. The molecule has 3 aromatic rings. The number of thiophene rings is 1. The molecule has 1 aliphatic rings. The maximum absolute atomic E-state index is 12.5. The Hall–Kier alpha value is -2.98. The number of benzene rings is 1. The zero-order valence-corrected chi connectivity index (χ0v) is 13.5. The Morgan fingerprint density at radius 1 is 1.29 bits per heavy atom. The van der Waals surface area contributed by atoms with Gasteiger partial charge in [-0.05, 0) is 36.4 Å². The third kappa shape index (κ3) is 2.68. The van der Waals surface area contributed by atoms with E-state index in [9.17, 15) is 4.79 Å². The van der Waals surface area contributed by atoms with Crippen LogP contribution in [-0.4, -0.2) is 20.7 Å². The number of carbonyl (C=O) groups is 1. The van der Waals surface area contributed by atoms with Gasteiger partial charge in [-0.3, -0.25) is 4.79 Å². The smallest absolute Gasteiger partial charge is 0.295 e. The molecule has 0 saturated heterocycles. The van der Waals surface area contributed by atoms with Crippen LogP contribution in [0.5, 0.6) is 0 Å². The summed E-state index contributed by atoms with van der Waals surface area (Å²) < 4.78 is 1.74. The minimum atomic E-state index is -0.398. The number of nitrogens with one attached hydrogen (secondary N) is 1. The van der Waals surface area contributed by atoms with Crippen molar-refractivity contribution in [3.8, 4) is 11.8 Å². The second kappa shape index (κ2) is 5.91. The van der Waals surface area contributed by atoms with E-state index in [1.807, 2.05) is 30.3 Å². The van der Waals surface area contributed by atoms with Crippen LogP contribution in [0, 0.1) is 11.3 Å². The first kappa shape index (κ1) is 14.6. The molecule has 2 aromatic heterocycles. The molecule has 6 nitrogen and oxygen atoms in total. The lowest BCUT2D eigenvalue weighted by atomic mass is 10.3. The van der Waals surface area contributed by atoms with E-state index in [1.165, 1.54) is 11.3 Å². The Balaban J connectivity index is 1.67. The van der Waals surface area contributed by atoms with E-state index in [1.54, 1.807) is 16.1 Å². The van der Waals surface area contributed by atoms with E-state index < -0.39 is 5.91 Å². The highest BCUT2D eigenvalue weighted by Gasteiger charge is 2.31. The number of hydrogen-bond donors (Lipinski definition) is 1. The zero-order chi connectivity index (χ0) is 16.5. The lowest BCUT2D eigenvalue weighted by molar-refractivity contribution is 0.101. The number of anilines is 1. The van der Waals surface area contributed by atoms with Crippen molar-refractivity contribution in [1.29, 1.82) is 5.26 Å². The predicted octanol–water partition coefficient (Wildman–Crippen LogP) is 3.33. The summed E-state index contributed by atoms with van der Waals surface area (Å²) in [6, 6.07) is 13.4. The monoisotopic (exact) mass is 335 g/mol. The van der Waals surface area contributed by atoms with Crippen LogP contribution in [0.2, 0.25) is 0 Å². The van der Waals surface area contributed by atoms with Crippen molar-refractivity contribution in [3.05, 3.63) is 59.0 Å². The fraction of sp³-hybridized carbons (Fsp3) is 0.176. The second-order valence-electron chi connectivity index (χ2n) is 5.54. The van der Waals surface area contributed by atoms with Gasteiger partial charge in [0.05, 0.1) is 11.3 Å². The highest BCUT2D eigenvalue weighted by Crippen LogP contribution is 2.39. The van der Waals surface area contributed by atoms with Gasteiger partial charge in [0.1, 0.15) is 16.9 Å². The van der Waals surface area contributed by atoms with Gasteiger partial charge in [-0.15, -0.1) is 16.4 Å². The number of amides is 1. The highest BCUT2D eigenvalue weighted by molar-refractivity contribution is 7.14. The van der Waals surface area contributed by atoms with E-state index in [4.69, 9.17) is 5.26 Å². The number of carbonyl (C=O) groups excluding carboxylic acids is 1. The summed E-state index contributed by atoms with van der Waals surface area (Å²) in [4.78, 5) is 16.9. The molecular formula is C17H13N5OS. The van der Waals surface area contributed by atoms with Crippen molar-refractivity contribution >= 4 is 22.2 Å². The fourth-order valence-corrected chi connectivity index (χ4v) is 3.17. The van der Waals surface area contributed by atoms with E-state index in [0.29, 0.717) is 16.5 Å². The molecule has 0 aliphatic heterocycles. The van der Waals surface area contributed by atoms with E-state index in [0.717, 1.165) is 24.4 Å². The van der Waals surface area contributed by atoms with Crippen molar-refractivity contribution in [2.45, 2.75) is 18.8 Å². The first-order valence-electron chi connectivity index (χ1n) is 7.57.